The Hall–Kier alpha value is -2.49. The lowest BCUT2D eigenvalue weighted by molar-refractivity contribution is -0.142. The minimum absolute atomic E-state index is 0.112. The van der Waals surface area contributed by atoms with E-state index in [-0.39, 0.29) is 6.61 Å². The number of carbonyl (C=O) groups is 1. The van der Waals surface area contributed by atoms with Gasteiger partial charge in [0, 0.05) is 6.07 Å². The van der Waals surface area contributed by atoms with E-state index < -0.39 is 5.97 Å². The molecule has 0 unspecified atom stereocenters. The molecule has 0 bridgehead atoms. The van der Waals surface area contributed by atoms with Crippen LogP contribution in [0.1, 0.15) is 11.1 Å². The number of benzene rings is 2. The lowest BCUT2D eigenvalue weighted by Gasteiger charge is -2.11. The fourth-order valence-electron chi connectivity index (χ4n) is 1.76. The molecule has 0 aliphatic heterocycles. The fourth-order valence-corrected chi connectivity index (χ4v) is 1.76. The Morgan fingerprint density at radius 2 is 1.81 bits per heavy atom. The largest absolute Gasteiger partial charge is 0.489 e. The summed E-state index contributed by atoms with van der Waals surface area (Å²) in [4.78, 5) is 11.1. The molecule has 0 N–H and O–H groups in total. The van der Waals surface area contributed by atoms with Gasteiger partial charge in [0.05, 0.1) is 7.11 Å². The quantitative estimate of drug-likeness (QED) is 0.765. The van der Waals surface area contributed by atoms with Gasteiger partial charge >= 0.3 is 5.97 Å². The predicted molar refractivity (Wildman–Crippen MR) is 79.5 cm³/mol. The van der Waals surface area contributed by atoms with Crippen LogP contribution >= 0.6 is 0 Å². The molecule has 2 aromatic carbocycles. The van der Waals surface area contributed by atoms with Crippen LogP contribution in [0.5, 0.6) is 11.5 Å². The van der Waals surface area contributed by atoms with Gasteiger partial charge in [-0.25, -0.2) is 4.79 Å². The molecule has 0 spiro atoms. The van der Waals surface area contributed by atoms with Crippen molar-refractivity contribution in [3.63, 3.8) is 0 Å². The van der Waals surface area contributed by atoms with Gasteiger partial charge in [-0.15, -0.1) is 0 Å². The maximum atomic E-state index is 11.1. The van der Waals surface area contributed by atoms with Gasteiger partial charge in [0.25, 0.3) is 0 Å². The summed E-state index contributed by atoms with van der Waals surface area (Å²) in [5, 5.41) is 0. The second-order valence-corrected chi connectivity index (χ2v) is 4.57. The number of hydrogen-bond donors (Lipinski definition) is 0. The highest BCUT2D eigenvalue weighted by Crippen LogP contribution is 2.25. The summed E-state index contributed by atoms with van der Waals surface area (Å²) in [5.41, 5.74) is 2.03. The first-order valence-electron chi connectivity index (χ1n) is 6.66. The second-order valence-electron chi connectivity index (χ2n) is 4.57. The van der Waals surface area contributed by atoms with E-state index in [0.717, 1.165) is 11.1 Å². The SMILES string of the molecule is COC(=O)COc1cc(OCc2ccccc2)ccc1C. The van der Waals surface area contributed by atoms with Crippen molar-refractivity contribution >= 4 is 5.97 Å². The molecule has 0 saturated heterocycles. The van der Waals surface area contributed by atoms with E-state index in [0.29, 0.717) is 18.1 Å². The molecule has 110 valence electrons. The van der Waals surface area contributed by atoms with Crippen molar-refractivity contribution in [2.24, 2.45) is 0 Å². The summed E-state index contributed by atoms with van der Waals surface area (Å²) in [7, 11) is 1.33. The Labute approximate surface area is 124 Å². The van der Waals surface area contributed by atoms with Crippen LogP contribution in [0.25, 0.3) is 0 Å². The van der Waals surface area contributed by atoms with Crippen LogP contribution in [-0.2, 0) is 16.1 Å². The van der Waals surface area contributed by atoms with Crippen LogP contribution in [0, 0.1) is 6.92 Å². The molecule has 2 aromatic rings. The van der Waals surface area contributed by atoms with E-state index >= 15 is 0 Å². The average molecular weight is 286 g/mol. The maximum absolute atomic E-state index is 11.1. The molecule has 0 aromatic heterocycles. The Balaban J connectivity index is 1.99. The molecule has 0 aliphatic rings. The van der Waals surface area contributed by atoms with Gasteiger partial charge in [-0.05, 0) is 24.1 Å². The van der Waals surface area contributed by atoms with E-state index in [1.807, 2.05) is 49.4 Å². The molecule has 4 heteroatoms. The number of rotatable bonds is 6. The smallest absolute Gasteiger partial charge is 0.343 e. The predicted octanol–water partition coefficient (Wildman–Crippen LogP) is 3.13. The minimum atomic E-state index is -0.412. The molecular formula is C17H18O4. The van der Waals surface area contributed by atoms with Crippen molar-refractivity contribution in [2.75, 3.05) is 13.7 Å². The summed E-state index contributed by atoms with van der Waals surface area (Å²) in [5.74, 6) is 0.903. The third kappa shape index (κ3) is 4.53. The van der Waals surface area contributed by atoms with E-state index in [2.05, 4.69) is 4.74 Å². The fraction of sp³-hybridized carbons (Fsp3) is 0.235. The Morgan fingerprint density at radius 3 is 2.52 bits per heavy atom. The third-order valence-corrected chi connectivity index (χ3v) is 2.98. The second kappa shape index (κ2) is 7.33. The van der Waals surface area contributed by atoms with Crippen LogP contribution in [0.2, 0.25) is 0 Å². The summed E-state index contributed by atoms with van der Waals surface area (Å²) in [6.45, 7) is 2.29. The molecule has 0 fully saturated rings. The maximum Gasteiger partial charge on any atom is 0.343 e. The average Bonchev–Trinajstić information content (AvgIpc) is 2.53. The van der Waals surface area contributed by atoms with Gasteiger partial charge in [-0.1, -0.05) is 36.4 Å². The summed E-state index contributed by atoms with van der Waals surface area (Å²) in [6, 6.07) is 15.5. The van der Waals surface area contributed by atoms with Crippen molar-refractivity contribution in [2.45, 2.75) is 13.5 Å². The highest BCUT2D eigenvalue weighted by atomic mass is 16.6. The van der Waals surface area contributed by atoms with E-state index in [9.17, 15) is 4.79 Å². The van der Waals surface area contributed by atoms with Crippen LogP contribution < -0.4 is 9.47 Å². The van der Waals surface area contributed by atoms with Gasteiger partial charge < -0.3 is 14.2 Å². The van der Waals surface area contributed by atoms with Crippen molar-refractivity contribution in [3.05, 3.63) is 59.7 Å². The molecule has 0 radical (unpaired) electrons. The standard InChI is InChI=1S/C17H18O4/c1-13-8-9-15(10-16(13)21-12-17(18)19-2)20-11-14-6-4-3-5-7-14/h3-10H,11-12H2,1-2H3. The van der Waals surface area contributed by atoms with Crippen LogP contribution in [-0.4, -0.2) is 19.7 Å². The number of ether oxygens (including phenoxy) is 3. The van der Waals surface area contributed by atoms with Crippen LogP contribution in [0.4, 0.5) is 0 Å². The first kappa shape index (κ1) is 14.9. The van der Waals surface area contributed by atoms with Crippen molar-refractivity contribution in [3.8, 4) is 11.5 Å². The number of methoxy groups -OCH3 is 1. The topological polar surface area (TPSA) is 44.8 Å². The first-order valence-corrected chi connectivity index (χ1v) is 6.66. The zero-order chi connectivity index (χ0) is 15.1. The lowest BCUT2D eigenvalue weighted by Crippen LogP contribution is -2.13. The van der Waals surface area contributed by atoms with Gasteiger partial charge in [-0.3, -0.25) is 0 Å². The molecule has 0 saturated carbocycles. The zero-order valence-corrected chi connectivity index (χ0v) is 12.2. The van der Waals surface area contributed by atoms with Gasteiger partial charge in [0.15, 0.2) is 6.61 Å². The number of esters is 1. The van der Waals surface area contributed by atoms with Gasteiger partial charge in [-0.2, -0.15) is 0 Å². The van der Waals surface area contributed by atoms with Crippen LogP contribution in [0.3, 0.4) is 0 Å². The molecule has 2 rings (SSSR count). The Bertz CT molecular complexity index is 593. The molecule has 0 atom stereocenters. The van der Waals surface area contributed by atoms with Gasteiger partial charge in [0.2, 0.25) is 0 Å². The summed E-state index contributed by atoms with van der Waals surface area (Å²) >= 11 is 0. The summed E-state index contributed by atoms with van der Waals surface area (Å²) < 4.78 is 15.7. The lowest BCUT2D eigenvalue weighted by atomic mass is 10.2. The van der Waals surface area contributed by atoms with Crippen LogP contribution in [0.15, 0.2) is 48.5 Å². The van der Waals surface area contributed by atoms with Crippen molar-refractivity contribution < 1.29 is 19.0 Å². The van der Waals surface area contributed by atoms with E-state index in [1.54, 1.807) is 6.07 Å². The Kier molecular flexibility index (Phi) is 5.21. The highest BCUT2D eigenvalue weighted by Gasteiger charge is 2.06. The molecule has 21 heavy (non-hydrogen) atoms. The van der Waals surface area contributed by atoms with Gasteiger partial charge in [0.1, 0.15) is 18.1 Å². The molecular weight excluding hydrogens is 268 g/mol. The molecule has 0 amide bonds. The first-order chi connectivity index (χ1) is 10.2. The summed E-state index contributed by atoms with van der Waals surface area (Å²) in [6.07, 6.45) is 0. The Morgan fingerprint density at radius 1 is 1.05 bits per heavy atom. The number of aryl methyl sites for hydroxylation is 1. The highest BCUT2D eigenvalue weighted by molar-refractivity contribution is 5.71. The number of hydrogen-bond acceptors (Lipinski definition) is 4. The normalized spacial score (nSPS) is 10.0. The minimum Gasteiger partial charge on any atom is -0.489 e. The zero-order valence-electron chi connectivity index (χ0n) is 12.2. The number of carbonyl (C=O) groups excluding carboxylic acids is 1. The van der Waals surface area contributed by atoms with E-state index in [4.69, 9.17) is 9.47 Å². The molecule has 0 heterocycles. The molecule has 0 aliphatic carbocycles. The van der Waals surface area contributed by atoms with E-state index in [1.165, 1.54) is 7.11 Å². The van der Waals surface area contributed by atoms with Crippen molar-refractivity contribution in [1.29, 1.82) is 0 Å². The van der Waals surface area contributed by atoms with Crippen molar-refractivity contribution in [1.82, 2.24) is 0 Å². The third-order valence-electron chi connectivity index (χ3n) is 2.98. The monoisotopic (exact) mass is 286 g/mol. The molecule has 4 nitrogen and oxygen atoms in total.